The van der Waals surface area contributed by atoms with Crippen molar-refractivity contribution < 1.29 is 0 Å². The van der Waals surface area contributed by atoms with Crippen molar-refractivity contribution in [2.75, 3.05) is 31.1 Å². The average molecular weight is 272 g/mol. The number of fused-ring (bicyclic) bond motifs is 2. The minimum absolute atomic E-state index is 0.694. The smallest absolute Gasteiger partial charge is 0.163 e. The van der Waals surface area contributed by atoms with E-state index in [0.717, 1.165) is 29.9 Å². The normalized spacial score (nSPS) is 24.1. The minimum atomic E-state index is 0.694. The van der Waals surface area contributed by atoms with Gasteiger partial charge in [-0.1, -0.05) is 0 Å². The van der Waals surface area contributed by atoms with E-state index in [0.29, 0.717) is 6.04 Å². The van der Waals surface area contributed by atoms with Crippen molar-refractivity contribution in [1.82, 2.24) is 24.6 Å². The highest BCUT2D eigenvalue weighted by Gasteiger charge is 2.29. The molecule has 106 valence electrons. The summed E-state index contributed by atoms with van der Waals surface area (Å²) < 4.78 is 1.82. The topological polar surface area (TPSA) is 50.1 Å². The molecule has 2 fully saturated rings. The lowest BCUT2D eigenvalue weighted by Gasteiger charge is -2.26. The maximum atomic E-state index is 4.54. The van der Waals surface area contributed by atoms with Crippen LogP contribution < -0.4 is 4.90 Å². The fraction of sp³-hybridized carbons (Fsp3) is 0.643. The standard InChI is InChI=1S/C14H20N6/c1-18-13-12(8-17-18)14(16-10-15-13)20-7-3-6-19-5-2-4-11(19)9-20/h8,10-11H,2-7,9H2,1H3/t11-/m0/s1. The molecule has 0 bridgehead atoms. The molecule has 0 radical (unpaired) electrons. The van der Waals surface area contributed by atoms with Gasteiger partial charge in [0.05, 0.1) is 11.6 Å². The number of hydrogen-bond acceptors (Lipinski definition) is 5. The summed E-state index contributed by atoms with van der Waals surface area (Å²) in [4.78, 5) is 14.0. The van der Waals surface area contributed by atoms with Gasteiger partial charge >= 0.3 is 0 Å². The molecule has 0 amide bonds. The van der Waals surface area contributed by atoms with Crippen LogP contribution in [0.15, 0.2) is 12.5 Å². The Balaban J connectivity index is 1.71. The zero-order chi connectivity index (χ0) is 13.5. The molecule has 2 aromatic rings. The van der Waals surface area contributed by atoms with Crippen molar-refractivity contribution in [2.45, 2.75) is 25.3 Å². The molecule has 0 unspecified atom stereocenters. The van der Waals surface area contributed by atoms with Crippen LogP contribution in [-0.4, -0.2) is 56.9 Å². The third-order valence-corrected chi connectivity index (χ3v) is 4.61. The summed E-state index contributed by atoms with van der Waals surface area (Å²) >= 11 is 0. The summed E-state index contributed by atoms with van der Waals surface area (Å²) in [5.74, 6) is 1.05. The Morgan fingerprint density at radius 1 is 1.15 bits per heavy atom. The van der Waals surface area contributed by atoms with Crippen LogP contribution in [0.5, 0.6) is 0 Å². The highest BCUT2D eigenvalue weighted by atomic mass is 15.3. The highest BCUT2D eigenvalue weighted by Crippen LogP contribution is 2.27. The molecule has 1 atom stereocenters. The zero-order valence-corrected chi connectivity index (χ0v) is 11.9. The molecule has 0 spiro atoms. The van der Waals surface area contributed by atoms with Gasteiger partial charge in [0.2, 0.25) is 0 Å². The van der Waals surface area contributed by atoms with E-state index in [1.165, 1.54) is 32.4 Å². The van der Waals surface area contributed by atoms with Gasteiger partial charge in [-0.05, 0) is 25.8 Å². The fourth-order valence-electron chi connectivity index (χ4n) is 3.60. The van der Waals surface area contributed by atoms with E-state index in [2.05, 4.69) is 24.9 Å². The van der Waals surface area contributed by atoms with Gasteiger partial charge in [0.1, 0.15) is 12.1 Å². The molecule has 0 saturated carbocycles. The summed E-state index contributed by atoms with van der Waals surface area (Å²) in [6.45, 7) is 4.65. The van der Waals surface area contributed by atoms with Crippen molar-refractivity contribution in [3.05, 3.63) is 12.5 Å². The molecule has 4 rings (SSSR count). The Kier molecular flexibility index (Phi) is 2.84. The first-order valence-electron chi connectivity index (χ1n) is 7.44. The van der Waals surface area contributed by atoms with Crippen LogP contribution in [0.2, 0.25) is 0 Å². The van der Waals surface area contributed by atoms with Crippen LogP contribution in [0.1, 0.15) is 19.3 Å². The molecule has 4 heterocycles. The lowest BCUT2D eigenvalue weighted by molar-refractivity contribution is 0.273. The van der Waals surface area contributed by atoms with Crippen LogP contribution in [0, 0.1) is 0 Å². The fourth-order valence-corrected chi connectivity index (χ4v) is 3.60. The van der Waals surface area contributed by atoms with Crippen molar-refractivity contribution in [3.63, 3.8) is 0 Å². The first kappa shape index (κ1) is 12.1. The third-order valence-electron chi connectivity index (χ3n) is 4.61. The number of nitrogens with zero attached hydrogens (tertiary/aromatic N) is 6. The van der Waals surface area contributed by atoms with Crippen LogP contribution >= 0.6 is 0 Å². The summed E-state index contributed by atoms with van der Waals surface area (Å²) in [6.07, 6.45) is 7.42. The zero-order valence-electron chi connectivity index (χ0n) is 11.9. The third kappa shape index (κ3) is 1.86. The summed E-state index contributed by atoms with van der Waals surface area (Å²) in [7, 11) is 1.93. The SMILES string of the molecule is Cn1ncc2c(N3CCCN4CCC[C@H]4C3)ncnc21. The molecule has 6 heteroatoms. The van der Waals surface area contributed by atoms with E-state index in [1.807, 2.05) is 17.9 Å². The Labute approximate surface area is 118 Å². The van der Waals surface area contributed by atoms with Crippen molar-refractivity contribution >= 4 is 16.9 Å². The molecular formula is C14H20N6. The highest BCUT2D eigenvalue weighted by molar-refractivity contribution is 5.86. The van der Waals surface area contributed by atoms with E-state index in [9.17, 15) is 0 Å². The van der Waals surface area contributed by atoms with Crippen LogP contribution in [-0.2, 0) is 7.05 Å². The Morgan fingerprint density at radius 3 is 3.00 bits per heavy atom. The summed E-state index contributed by atoms with van der Waals surface area (Å²) in [5, 5.41) is 5.39. The molecular weight excluding hydrogens is 252 g/mol. The number of hydrogen-bond donors (Lipinski definition) is 0. The average Bonchev–Trinajstić information content (AvgIpc) is 3.01. The molecule has 0 N–H and O–H groups in total. The van der Waals surface area contributed by atoms with Gasteiger partial charge in [-0.2, -0.15) is 5.10 Å². The van der Waals surface area contributed by atoms with Crippen molar-refractivity contribution in [2.24, 2.45) is 7.05 Å². The Hall–Kier alpha value is -1.69. The van der Waals surface area contributed by atoms with Crippen molar-refractivity contribution in [3.8, 4) is 0 Å². The van der Waals surface area contributed by atoms with E-state index in [4.69, 9.17) is 0 Å². The lowest BCUT2D eigenvalue weighted by atomic mass is 10.2. The maximum Gasteiger partial charge on any atom is 0.163 e. The van der Waals surface area contributed by atoms with E-state index >= 15 is 0 Å². The number of aryl methyl sites for hydroxylation is 1. The molecule has 2 aromatic heterocycles. The van der Waals surface area contributed by atoms with Gasteiger partial charge in [0, 0.05) is 32.7 Å². The predicted octanol–water partition coefficient (Wildman–Crippen LogP) is 1.04. The van der Waals surface area contributed by atoms with Crippen molar-refractivity contribution in [1.29, 1.82) is 0 Å². The number of anilines is 1. The van der Waals surface area contributed by atoms with Crippen LogP contribution in [0.4, 0.5) is 5.82 Å². The quantitative estimate of drug-likeness (QED) is 0.776. The van der Waals surface area contributed by atoms with Gasteiger partial charge in [-0.3, -0.25) is 9.58 Å². The predicted molar refractivity (Wildman–Crippen MR) is 77.7 cm³/mol. The summed E-state index contributed by atoms with van der Waals surface area (Å²) in [6, 6.07) is 0.694. The van der Waals surface area contributed by atoms with Gasteiger partial charge in [-0.25, -0.2) is 9.97 Å². The Morgan fingerprint density at radius 2 is 2.05 bits per heavy atom. The first-order valence-corrected chi connectivity index (χ1v) is 7.44. The second-order valence-electron chi connectivity index (χ2n) is 5.83. The van der Waals surface area contributed by atoms with Crippen LogP contribution in [0.3, 0.4) is 0 Å². The number of aromatic nitrogens is 4. The van der Waals surface area contributed by atoms with Gasteiger partial charge in [0.25, 0.3) is 0 Å². The van der Waals surface area contributed by atoms with Gasteiger partial charge < -0.3 is 4.90 Å². The summed E-state index contributed by atoms with van der Waals surface area (Å²) in [5.41, 5.74) is 0.919. The second-order valence-corrected chi connectivity index (χ2v) is 5.83. The molecule has 2 saturated heterocycles. The van der Waals surface area contributed by atoms with E-state index < -0.39 is 0 Å². The van der Waals surface area contributed by atoms with Gasteiger partial charge in [-0.15, -0.1) is 0 Å². The largest absolute Gasteiger partial charge is 0.354 e. The monoisotopic (exact) mass is 272 g/mol. The Bertz CT molecular complexity index is 621. The van der Waals surface area contributed by atoms with Crippen LogP contribution in [0.25, 0.3) is 11.0 Å². The molecule has 2 aliphatic heterocycles. The molecule has 0 aromatic carbocycles. The second kappa shape index (κ2) is 4.70. The molecule has 20 heavy (non-hydrogen) atoms. The first-order chi connectivity index (χ1) is 9.83. The van der Waals surface area contributed by atoms with Gasteiger partial charge in [0.15, 0.2) is 5.65 Å². The molecule has 6 nitrogen and oxygen atoms in total. The lowest BCUT2D eigenvalue weighted by Crippen LogP contribution is -2.37. The van der Waals surface area contributed by atoms with E-state index in [1.54, 1.807) is 6.33 Å². The molecule has 0 aliphatic carbocycles. The number of rotatable bonds is 1. The molecule has 2 aliphatic rings. The van der Waals surface area contributed by atoms with E-state index in [-0.39, 0.29) is 0 Å². The minimum Gasteiger partial charge on any atom is -0.354 e. The maximum absolute atomic E-state index is 4.54.